The van der Waals surface area contributed by atoms with Crippen molar-refractivity contribution in [2.24, 2.45) is 17.3 Å². The first-order valence-electron chi connectivity index (χ1n) is 10.8. The largest absolute Gasteiger partial charge is 0.366 e. The summed E-state index contributed by atoms with van der Waals surface area (Å²) in [7, 11) is -3.62. The number of benzene rings is 1. The van der Waals surface area contributed by atoms with E-state index in [0.29, 0.717) is 17.3 Å². The van der Waals surface area contributed by atoms with Gasteiger partial charge in [0.2, 0.25) is 9.84 Å². The number of hydrogen-bond acceptors (Lipinski definition) is 6. The lowest BCUT2D eigenvalue weighted by Crippen LogP contribution is -2.28. The van der Waals surface area contributed by atoms with Gasteiger partial charge in [-0.15, -0.1) is 10.2 Å². The zero-order valence-corrected chi connectivity index (χ0v) is 18.9. The van der Waals surface area contributed by atoms with Gasteiger partial charge in [-0.2, -0.15) is 0 Å². The molecule has 1 aromatic carbocycles. The first-order valence-corrected chi connectivity index (χ1v) is 12.3. The molecule has 0 radical (unpaired) electrons. The Labute approximate surface area is 180 Å². The molecule has 4 rings (SSSR count). The number of anilines is 1. The normalized spacial score (nSPS) is 24.7. The highest BCUT2D eigenvalue weighted by molar-refractivity contribution is 7.91. The molecule has 1 saturated carbocycles. The molecule has 3 atom stereocenters. The van der Waals surface area contributed by atoms with Crippen LogP contribution in [0.15, 0.2) is 52.4 Å². The SMILES string of the molecule is CC(C)(C)CCN1CC2C[C@@H](Nc3ccc(S(=O)(=O)c4ccccc4)nn3)C[C@@H]2C1. The van der Waals surface area contributed by atoms with Crippen LogP contribution in [-0.2, 0) is 9.84 Å². The van der Waals surface area contributed by atoms with Gasteiger partial charge in [0.1, 0.15) is 5.82 Å². The van der Waals surface area contributed by atoms with E-state index >= 15 is 0 Å². The summed E-state index contributed by atoms with van der Waals surface area (Å²) < 4.78 is 25.3. The lowest BCUT2D eigenvalue weighted by atomic mass is 9.92. The van der Waals surface area contributed by atoms with E-state index in [4.69, 9.17) is 0 Å². The zero-order chi connectivity index (χ0) is 21.4. The molecule has 1 unspecified atom stereocenters. The lowest BCUT2D eigenvalue weighted by molar-refractivity contribution is 0.250. The number of likely N-dealkylation sites (tertiary alicyclic amines) is 1. The molecule has 2 fully saturated rings. The number of hydrogen-bond donors (Lipinski definition) is 1. The third-order valence-corrected chi connectivity index (χ3v) is 7.99. The minimum Gasteiger partial charge on any atom is -0.366 e. The quantitative estimate of drug-likeness (QED) is 0.753. The number of fused-ring (bicyclic) bond motifs is 1. The van der Waals surface area contributed by atoms with E-state index < -0.39 is 9.84 Å². The Kier molecular flexibility index (Phi) is 5.86. The summed E-state index contributed by atoms with van der Waals surface area (Å²) in [4.78, 5) is 2.86. The third kappa shape index (κ3) is 4.83. The van der Waals surface area contributed by atoms with E-state index in [1.54, 1.807) is 42.5 Å². The maximum Gasteiger partial charge on any atom is 0.225 e. The van der Waals surface area contributed by atoms with Crippen molar-refractivity contribution in [2.45, 2.75) is 56.0 Å². The van der Waals surface area contributed by atoms with E-state index in [0.717, 1.165) is 24.7 Å². The summed E-state index contributed by atoms with van der Waals surface area (Å²) in [6, 6.07) is 12.0. The summed E-state index contributed by atoms with van der Waals surface area (Å²) in [5.41, 5.74) is 0.389. The van der Waals surface area contributed by atoms with Crippen molar-refractivity contribution in [1.29, 1.82) is 0 Å². The van der Waals surface area contributed by atoms with Crippen LogP contribution in [0.4, 0.5) is 5.82 Å². The molecule has 1 aromatic heterocycles. The summed E-state index contributed by atoms with van der Waals surface area (Å²) in [5.74, 6) is 2.14. The van der Waals surface area contributed by atoms with Crippen LogP contribution in [0.5, 0.6) is 0 Å². The number of rotatable bonds is 6. The maximum atomic E-state index is 12.6. The Bertz CT molecular complexity index is 941. The molecule has 1 aliphatic heterocycles. The topological polar surface area (TPSA) is 75.2 Å². The van der Waals surface area contributed by atoms with Gasteiger partial charge < -0.3 is 10.2 Å². The minimum absolute atomic E-state index is 0.0166. The Morgan fingerprint density at radius 2 is 1.67 bits per heavy atom. The van der Waals surface area contributed by atoms with Crippen molar-refractivity contribution in [3.8, 4) is 0 Å². The molecule has 7 heteroatoms. The highest BCUT2D eigenvalue weighted by atomic mass is 32.2. The molecule has 6 nitrogen and oxygen atoms in total. The molecule has 1 saturated heterocycles. The Balaban J connectivity index is 1.32. The van der Waals surface area contributed by atoms with Crippen molar-refractivity contribution in [2.75, 3.05) is 25.0 Å². The van der Waals surface area contributed by atoms with Gasteiger partial charge in [0.25, 0.3) is 0 Å². The van der Waals surface area contributed by atoms with E-state index in [-0.39, 0.29) is 9.92 Å². The van der Waals surface area contributed by atoms with E-state index in [9.17, 15) is 8.42 Å². The highest BCUT2D eigenvalue weighted by Gasteiger charge is 2.40. The van der Waals surface area contributed by atoms with Crippen LogP contribution >= 0.6 is 0 Å². The fourth-order valence-electron chi connectivity index (χ4n) is 4.66. The number of sulfone groups is 1. The summed E-state index contributed by atoms with van der Waals surface area (Å²) >= 11 is 0. The molecular weight excluding hydrogens is 396 g/mol. The monoisotopic (exact) mass is 428 g/mol. The molecule has 30 heavy (non-hydrogen) atoms. The summed E-state index contributed by atoms with van der Waals surface area (Å²) in [6.45, 7) is 10.5. The van der Waals surface area contributed by atoms with Crippen LogP contribution in [0.3, 0.4) is 0 Å². The van der Waals surface area contributed by atoms with Gasteiger partial charge >= 0.3 is 0 Å². The van der Waals surface area contributed by atoms with Gasteiger partial charge in [-0.05, 0) is 67.3 Å². The first kappa shape index (κ1) is 21.2. The summed E-state index contributed by atoms with van der Waals surface area (Å²) in [5, 5.41) is 11.6. The number of nitrogens with one attached hydrogen (secondary N) is 1. The predicted molar refractivity (Wildman–Crippen MR) is 118 cm³/mol. The van der Waals surface area contributed by atoms with Crippen molar-refractivity contribution in [1.82, 2.24) is 15.1 Å². The molecule has 2 aromatic rings. The molecule has 2 heterocycles. The second-order valence-corrected chi connectivity index (χ2v) is 11.9. The second kappa shape index (κ2) is 8.27. The number of nitrogens with zero attached hydrogens (tertiary/aromatic N) is 3. The van der Waals surface area contributed by atoms with Crippen LogP contribution in [-0.4, -0.2) is 49.2 Å². The Hall–Kier alpha value is -1.99. The fourth-order valence-corrected chi connectivity index (χ4v) is 5.81. The van der Waals surface area contributed by atoms with Crippen molar-refractivity contribution < 1.29 is 8.42 Å². The highest BCUT2D eigenvalue weighted by Crippen LogP contribution is 2.39. The van der Waals surface area contributed by atoms with Crippen LogP contribution < -0.4 is 5.32 Å². The Morgan fingerprint density at radius 3 is 2.23 bits per heavy atom. The number of aromatic nitrogens is 2. The maximum absolute atomic E-state index is 12.6. The molecule has 162 valence electrons. The average Bonchev–Trinajstić information content (AvgIpc) is 3.25. The van der Waals surface area contributed by atoms with E-state index in [1.165, 1.54) is 26.1 Å². The van der Waals surface area contributed by atoms with Crippen LogP contribution in [0.1, 0.15) is 40.0 Å². The average molecular weight is 429 g/mol. The van der Waals surface area contributed by atoms with Crippen LogP contribution in [0, 0.1) is 17.3 Å². The van der Waals surface area contributed by atoms with Crippen molar-refractivity contribution in [3.63, 3.8) is 0 Å². The third-order valence-electron chi connectivity index (χ3n) is 6.33. The molecule has 1 N–H and O–H groups in total. The summed E-state index contributed by atoms with van der Waals surface area (Å²) in [6.07, 6.45) is 3.52. The van der Waals surface area contributed by atoms with E-state index in [1.807, 2.05) is 0 Å². The van der Waals surface area contributed by atoms with Gasteiger partial charge in [-0.3, -0.25) is 0 Å². The first-order chi connectivity index (χ1) is 14.2. The predicted octanol–water partition coefficient (Wildman–Crippen LogP) is 3.87. The second-order valence-electron chi connectivity index (χ2n) is 9.98. The molecule has 2 aliphatic rings. The van der Waals surface area contributed by atoms with E-state index in [2.05, 4.69) is 41.2 Å². The smallest absolute Gasteiger partial charge is 0.225 e. The molecule has 0 spiro atoms. The molecule has 0 amide bonds. The van der Waals surface area contributed by atoms with Crippen LogP contribution in [0.2, 0.25) is 0 Å². The lowest BCUT2D eigenvalue weighted by Gasteiger charge is -2.24. The van der Waals surface area contributed by atoms with Gasteiger partial charge in [0.15, 0.2) is 5.03 Å². The molecular formula is C23H32N4O2S. The van der Waals surface area contributed by atoms with Crippen molar-refractivity contribution in [3.05, 3.63) is 42.5 Å². The fraction of sp³-hybridized carbons (Fsp3) is 0.565. The minimum atomic E-state index is -3.62. The Morgan fingerprint density at radius 1 is 1.00 bits per heavy atom. The standard InChI is InChI=1S/C23H32N4O2S/c1-23(2,3)11-12-27-15-17-13-19(14-18(17)16-27)24-21-9-10-22(26-25-21)30(28,29)20-7-5-4-6-8-20/h4-10,17-19H,11-16H2,1-3H3,(H,24,25)/t17-,18?,19+/m1/s1. The van der Waals surface area contributed by atoms with Gasteiger partial charge in [0.05, 0.1) is 4.90 Å². The zero-order valence-electron chi connectivity index (χ0n) is 18.1. The van der Waals surface area contributed by atoms with Gasteiger partial charge in [0, 0.05) is 19.1 Å². The van der Waals surface area contributed by atoms with Crippen molar-refractivity contribution >= 4 is 15.7 Å². The van der Waals surface area contributed by atoms with Gasteiger partial charge in [-0.1, -0.05) is 39.0 Å². The van der Waals surface area contributed by atoms with Crippen LogP contribution in [0.25, 0.3) is 0 Å². The molecule has 0 bridgehead atoms. The molecule has 1 aliphatic carbocycles. The van der Waals surface area contributed by atoms with Gasteiger partial charge in [-0.25, -0.2) is 8.42 Å².